The highest BCUT2D eigenvalue weighted by Crippen LogP contribution is 2.26. The van der Waals surface area contributed by atoms with Crippen LogP contribution in [-0.4, -0.2) is 26.9 Å². The number of carboxylic acid groups (broad SMARTS) is 1. The number of carbonyl (C=O) groups is 1. The van der Waals surface area contributed by atoms with Crippen LogP contribution in [0.4, 0.5) is 0 Å². The molecule has 0 amide bonds. The smallest absolute Gasteiger partial charge is 0.306 e. The Morgan fingerprint density at radius 2 is 2.30 bits per heavy atom. The Balaban J connectivity index is 1.97. The van der Waals surface area contributed by atoms with Crippen LogP contribution in [0.1, 0.15) is 44.0 Å². The van der Waals surface area contributed by atoms with Crippen LogP contribution in [0.25, 0.3) is 0 Å². The van der Waals surface area contributed by atoms with E-state index in [4.69, 9.17) is 5.11 Å². The summed E-state index contributed by atoms with van der Waals surface area (Å²) in [6.45, 7) is 5.63. The highest BCUT2D eigenvalue weighted by molar-refractivity contribution is 9.10. The summed E-state index contributed by atoms with van der Waals surface area (Å²) in [7, 11) is 0. The molecule has 1 aromatic heterocycles. The van der Waals surface area contributed by atoms with Gasteiger partial charge in [-0.1, -0.05) is 6.42 Å². The fourth-order valence-electron chi connectivity index (χ4n) is 2.88. The molecule has 2 atom stereocenters. The first-order valence-electron chi connectivity index (χ1n) is 7.20. The third-order valence-corrected chi connectivity index (χ3v) is 5.07. The quantitative estimate of drug-likeness (QED) is 0.862. The van der Waals surface area contributed by atoms with Crippen molar-refractivity contribution in [1.29, 1.82) is 0 Å². The Hall–Kier alpha value is -0.880. The minimum Gasteiger partial charge on any atom is -0.481 e. The van der Waals surface area contributed by atoms with Crippen LogP contribution >= 0.6 is 15.9 Å². The molecule has 1 aliphatic rings. The minimum atomic E-state index is -0.660. The zero-order chi connectivity index (χ0) is 14.7. The molecule has 0 bridgehead atoms. The second-order valence-corrected chi connectivity index (χ2v) is 6.23. The molecule has 2 rings (SSSR count). The van der Waals surface area contributed by atoms with Crippen LogP contribution in [0.5, 0.6) is 0 Å². The summed E-state index contributed by atoms with van der Waals surface area (Å²) in [5.74, 6) is -0.852. The van der Waals surface area contributed by atoms with Crippen molar-refractivity contribution in [2.75, 3.05) is 0 Å². The Bertz CT molecular complexity index is 487. The molecule has 0 aliphatic heterocycles. The van der Waals surface area contributed by atoms with E-state index in [1.54, 1.807) is 0 Å². The van der Waals surface area contributed by atoms with E-state index >= 15 is 0 Å². The molecule has 6 heteroatoms. The van der Waals surface area contributed by atoms with Gasteiger partial charge in [-0.3, -0.25) is 9.48 Å². The molecule has 1 fully saturated rings. The van der Waals surface area contributed by atoms with Crippen LogP contribution in [0.3, 0.4) is 0 Å². The molecule has 2 unspecified atom stereocenters. The van der Waals surface area contributed by atoms with Gasteiger partial charge < -0.3 is 10.4 Å². The van der Waals surface area contributed by atoms with Crippen LogP contribution in [0.2, 0.25) is 0 Å². The average Bonchev–Trinajstić information content (AvgIpc) is 2.72. The van der Waals surface area contributed by atoms with Gasteiger partial charge in [-0.25, -0.2) is 0 Å². The number of aryl methyl sites for hydroxylation is 2. The monoisotopic (exact) mass is 343 g/mol. The maximum absolute atomic E-state index is 11.1. The Kier molecular flexibility index (Phi) is 5.21. The van der Waals surface area contributed by atoms with E-state index in [2.05, 4.69) is 33.3 Å². The van der Waals surface area contributed by atoms with E-state index in [0.717, 1.165) is 54.6 Å². The Morgan fingerprint density at radius 3 is 2.95 bits per heavy atom. The minimum absolute atomic E-state index is 0.192. The SMILES string of the molecule is CCn1nc(C)c(Br)c1CNC1CCCC(C(=O)O)C1. The van der Waals surface area contributed by atoms with E-state index in [1.807, 2.05) is 11.6 Å². The van der Waals surface area contributed by atoms with Gasteiger partial charge in [-0.2, -0.15) is 5.10 Å². The summed E-state index contributed by atoms with van der Waals surface area (Å²) < 4.78 is 3.04. The number of hydrogen-bond donors (Lipinski definition) is 2. The Morgan fingerprint density at radius 1 is 1.55 bits per heavy atom. The lowest BCUT2D eigenvalue weighted by atomic mass is 9.86. The van der Waals surface area contributed by atoms with Gasteiger partial charge in [0.25, 0.3) is 0 Å². The van der Waals surface area contributed by atoms with Crippen LogP contribution in [-0.2, 0) is 17.9 Å². The van der Waals surface area contributed by atoms with E-state index in [-0.39, 0.29) is 12.0 Å². The number of nitrogens with one attached hydrogen (secondary N) is 1. The standard InChI is InChI=1S/C14H22BrN3O2/c1-3-18-12(13(15)9(2)17-18)8-16-11-6-4-5-10(7-11)14(19)20/h10-11,16H,3-8H2,1-2H3,(H,19,20). The van der Waals surface area contributed by atoms with Crippen molar-refractivity contribution >= 4 is 21.9 Å². The zero-order valence-corrected chi connectivity index (χ0v) is 13.6. The molecule has 2 N–H and O–H groups in total. The Labute approximate surface area is 127 Å². The van der Waals surface area contributed by atoms with Crippen molar-refractivity contribution in [1.82, 2.24) is 15.1 Å². The fourth-order valence-corrected chi connectivity index (χ4v) is 3.30. The average molecular weight is 344 g/mol. The first-order valence-corrected chi connectivity index (χ1v) is 8.00. The summed E-state index contributed by atoms with van der Waals surface area (Å²) in [4.78, 5) is 11.1. The van der Waals surface area contributed by atoms with Crippen LogP contribution in [0.15, 0.2) is 4.47 Å². The highest BCUT2D eigenvalue weighted by atomic mass is 79.9. The number of halogens is 1. The van der Waals surface area contributed by atoms with E-state index in [0.29, 0.717) is 0 Å². The molecule has 112 valence electrons. The van der Waals surface area contributed by atoms with Crippen molar-refractivity contribution in [3.63, 3.8) is 0 Å². The number of aromatic nitrogens is 2. The molecule has 0 saturated heterocycles. The second kappa shape index (κ2) is 6.72. The van der Waals surface area contributed by atoms with Crippen molar-refractivity contribution in [3.05, 3.63) is 15.9 Å². The summed E-state index contributed by atoms with van der Waals surface area (Å²) in [6, 6.07) is 0.289. The maximum atomic E-state index is 11.1. The van der Waals surface area contributed by atoms with Gasteiger partial charge in [0.2, 0.25) is 0 Å². The predicted octanol–water partition coefficient (Wildman–Crippen LogP) is 2.71. The van der Waals surface area contributed by atoms with Crippen molar-refractivity contribution in [2.24, 2.45) is 5.92 Å². The molecular formula is C14H22BrN3O2. The van der Waals surface area contributed by atoms with Gasteiger partial charge in [-0.05, 0) is 49.0 Å². The third kappa shape index (κ3) is 3.41. The molecular weight excluding hydrogens is 322 g/mol. The first-order chi connectivity index (χ1) is 9.52. The van der Waals surface area contributed by atoms with Gasteiger partial charge >= 0.3 is 5.97 Å². The number of nitrogens with zero attached hydrogens (tertiary/aromatic N) is 2. The maximum Gasteiger partial charge on any atom is 0.306 e. The molecule has 0 radical (unpaired) electrons. The topological polar surface area (TPSA) is 67.2 Å². The first kappa shape index (κ1) is 15.5. The number of aliphatic carboxylic acids is 1. The second-order valence-electron chi connectivity index (χ2n) is 5.44. The van der Waals surface area contributed by atoms with E-state index in [9.17, 15) is 4.79 Å². The van der Waals surface area contributed by atoms with Crippen LogP contribution < -0.4 is 5.32 Å². The fraction of sp³-hybridized carbons (Fsp3) is 0.714. The van der Waals surface area contributed by atoms with Crippen molar-refractivity contribution in [3.8, 4) is 0 Å². The molecule has 1 aliphatic carbocycles. The summed E-state index contributed by atoms with van der Waals surface area (Å²) in [5.41, 5.74) is 2.14. The molecule has 5 nitrogen and oxygen atoms in total. The molecule has 20 heavy (non-hydrogen) atoms. The molecule has 1 heterocycles. The summed E-state index contributed by atoms with van der Waals surface area (Å²) in [5, 5.41) is 17.1. The summed E-state index contributed by atoms with van der Waals surface area (Å²) >= 11 is 3.58. The number of hydrogen-bond acceptors (Lipinski definition) is 3. The zero-order valence-electron chi connectivity index (χ0n) is 12.0. The molecule has 0 spiro atoms. The predicted molar refractivity (Wildman–Crippen MR) is 80.6 cm³/mol. The lowest BCUT2D eigenvalue weighted by Gasteiger charge is -2.27. The van der Waals surface area contributed by atoms with E-state index in [1.165, 1.54) is 0 Å². The van der Waals surface area contributed by atoms with Gasteiger partial charge in [0, 0.05) is 19.1 Å². The van der Waals surface area contributed by atoms with Gasteiger partial charge in [-0.15, -0.1) is 0 Å². The highest BCUT2D eigenvalue weighted by Gasteiger charge is 2.27. The van der Waals surface area contributed by atoms with Gasteiger partial charge in [0.05, 0.1) is 21.8 Å². The van der Waals surface area contributed by atoms with Gasteiger partial charge in [0.15, 0.2) is 0 Å². The molecule has 0 aromatic carbocycles. The lowest BCUT2D eigenvalue weighted by Crippen LogP contribution is -2.36. The summed E-state index contributed by atoms with van der Waals surface area (Å²) in [6.07, 6.45) is 3.58. The number of rotatable bonds is 5. The number of carboxylic acids is 1. The van der Waals surface area contributed by atoms with Crippen LogP contribution in [0, 0.1) is 12.8 Å². The lowest BCUT2D eigenvalue weighted by molar-refractivity contribution is -0.143. The van der Waals surface area contributed by atoms with Crippen molar-refractivity contribution < 1.29 is 9.90 Å². The molecule has 1 aromatic rings. The largest absolute Gasteiger partial charge is 0.481 e. The van der Waals surface area contributed by atoms with E-state index < -0.39 is 5.97 Å². The molecule has 1 saturated carbocycles. The van der Waals surface area contributed by atoms with Crippen molar-refractivity contribution in [2.45, 2.75) is 58.7 Å². The van der Waals surface area contributed by atoms with Gasteiger partial charge in [0.1, 0.15) is 0 Å². The normalized spacial score (nSPS) is 22.9. The third-order valence-electron chi connectivity index (χ3n) is 4.03.